The number of nitrogens with one attached hydrogen (secondary N) is 2. The van der Waals surface area contributed by atoms with Crippen molar-refractivity contribution in [3.63, 3.8) is 0 Å². The first-order valence-corrected chi connectivity index (χ1v) is 7.36. The maximum atomic E-state index is 11.8. The first-order chi connectivity index (χ1) is 9.06. The lowest BCUT2D eigenvalue weighted by atomic mass is 9.80. The molecule has 1 atom stereocenters. The fourth-order valence-electron chi connectivity index (χ4n) is 3.12. The first-order valence-electron chi connectivity index (χ1n) is 7.36. The summed E-state index contributed by atoms with van der Waals surface area (Å²) in [5, 5.41) is 14.6. The number of rotatable bonds is 4. The number of carbonyl (C=O) groups is 2. The number of urea groups is 1. The third-order valence-corrected chi connectivity index (χ3v) is 4.54. The van der Waals surface area contributed by atoms with Gasteiger partial charge >= 0.3 is 12.0 Å². The summed E-state index contributed by atoms with van der Waals surface area (Å²) < 4.78 is 0. The summed E-state index contributed by atoms with van der Waals surface area (Å²) >= 11 is 0. The minimum absolute atomic E-state index is 0.0275. The molecule has 2 fully saturated rings. The molecule has 2 rings (SSSR count). The highest BCUT2D eigenvalue weighted by Crippen LogP contribution is 2.28. The van der Waals surface area contributed by atoms with E-state index in [1.54, 1.807) is 0 Å². The van der Waals surface area contributed by atoms with Gasteiger partial charge in [-0.15, -0.1) is 0 Å². The molecule has 0 spiro atoms. The molecule has 0 radical (unpaired) electrons. The van der Waals surface area contributed by atoms with Crippen molar-refractivity contribution in [1.82, 2.24) is 10.6 Å². The van der Waals surface area contributed by atoms with Crippen LogP contribution in [-0.2, 0) is 4.79 Å². The fraction of sp³-hybridized carbons (Fsp3) is 0.857. The fourth-order valence-corrected chi connectivity index (χ4v) is 3.12. The van der Waals surface area contributed by atoms with Crippen molar-refractivity contribution in [2.75, 3.05) is 0 Å². The van der Waals surface area contributed by atoms with E-state index in [4.69, 9.17) is 5.11 Å². The van der Waals surface area contributed by atoms with Crippen molar-refractivity contribution < 1.29 is 14.7 Å². The molecule has 2 aliphatic carbocycles. The largest absolute Gasteiger partial charge is 0.481 e. The van der Waals surface area contributed by atoms with E-state index in [9.17, 15) is 9.59 Å². The Morgan fingerprint density at radius 1 is 1.16 bits per heavy atom. The number of hydrogen-bond acceptors (Lipinski definition) is 2. The summed E-state index contributed by atoms with van der Waals surface area (Å²) in [6.45, 7) is 2.07. The molecule has 2 amide bonds. The molecule has 108 valence electrons. The van der Waals surface area contributed by atoms with E-state index < -0.39 is 5.97 Å². The van der Waals surface area contributed by atoms with Gasteiger partial charge in [-0.05, 0) is 38.5 Å². The lowest BCUT2D eigenvalue weighted by Crippen LogP contribution is -2.52. The Morgan fingerprint density at radius 3 is 2.37 bits per heavy atom. The van der Waals surface area contributed by atoms with Gasteiger partial charge in [0.15, 0.2) is 0 Å². The number of hydrogen-bond donors (Lipinski definition) is 3. The third-order valence-electron chi connectivity index (χ3n) is 4.54. The van der Waals surface area contributed by atoms with Crippen molar-refractivity contribution in [1.29, 1.82) is 0 Å². The molecular weight excluding hydrogens is 244 g/mol. The van der Waals surface area contributed by atoms with Gasteiger partial charge < -0.3 is 15.7 Å². The van der Waals surface area contributed by atoms with Crippen LogP contribution in [0.25, 0.3) is 0 Å². The van der Waals surface area contributed by atoms with Gasteiger partial charge in [-0.25, -0.2) is 4.79 Å². The van der Waals surface area contributed by atoms with Gasteiger partial charge in [0.1, 0.15) is 0 Å². The zero-order valence-corrected chi connectivity index (χ0v) is 11.5. The standard InChI is InChI=1S/C14H24N2O3/c1-9(10-5-3-2-4-6-10)15-14(19)16-12-7-11(8-12)13(17)18/h9-12H,2-8H2,1H3,(H,17,18)(H2,15,16,19). The van der Waals surface area contributed by atoms with E-state index in [1.807, 2.05) is 0 Å². The van der Waals surface area contributed by atoms with Crippen LogP contribution in [-0.4, -0.2) is 29.2 Å². The Labute approximate surface area is 114 Å². The van der Waals surface area contributed by atoms with E-state index in [-0.39, 0.29) is 24.0 Å². The molecule has 0 saturated heterocycles. The smallest absolute Gasteiger partial charge is 0.315 e. The highest BCUT2D eigenvalue weighted by Gasteiger charge is 2.35. The van der Waals surface area contributed by atoms with Crippen LogP contribution in [0.2, 0.25) is 0 Å². The Balaban J connectivity index is 1.65. The number of carbonyl (C=O) groups excluding carboxylic acids is 1. The molecule has 19 heavy (non-hydrogen) atoms. The predicted octanol–water partition coefficient (Wildman–Crippen LogP) is 2.12. The lowest BCUT2D eigenvalue weighted by molar-refractivity contribution is -0.145. The number of amides is 2. The van der Waals surface area contributed by atoms with Gasteiger partial charge in [0.2, 0.25) is 0 Å². The quantitative estimate of drug-likeness (QED) is 0.730. The molecule has 0 aromatic heterocycles. The summed E-state index contributed by atoms with van der Waals surface area (Å²) in [7, 11) is 0. The van der Waals surface area contributed by atoms with E-state index in [0.29, 0.717) is 18.8 Å². The second-order valence-corrected chi connectivity index (χ2v) is 6.01. The second-order valence-electron chi connectivity index (χ2n) is 6.01. The third kappa shape index (κ3) is 3.85. The summed E-state index contributed by atoms with van der Waals surface area (Å²) in [6.07, 6.45) is 7.36. The molecule has 3 N–H and O–H groups in total. The number of carboxylic acid groups (broad SMARTS) is 1. The molecule has 1 unspecified atom stereocenters. The molecule has 0 aliphatic heterocycles. The molecule has 0 aromatic rings. The number of aliphatic carboxylic acids is 1. The molecule has 0 bridgehead atoms. The molecule has 2 aliphatic rings. The zero-order valence-electron chi connectivity index (χ0n) is 11.5. The average Bonchev–Trinajstić information content (AvgIpc) is 2.33. The van der Waals surface area contributed by atoms with E-state index >= 15 is 0 Å². The van der Waals surface area contributed by atoms with Crippen LogP contribution < -0.4 is 10.6 Å². The van der Waals surface area contributed by atoms with Gasteiger partial charge in [0.05, 0.1) is 5.92 Å². The van der Waals surface area contributed by atoms with E-state index in [1.165, 1.54) is 32.1 Å². The van der Waals surface area contributed by atoms with Crippen molar-refractivity contribution in [3.8, 4) is 0 Å². The van der Waals surface area contributed by atoms with Crippen molar-refractivity contribution in [3.05, 3.63) is 0 Å². The Kier molecular flexibility index (Phi) is 4.66. The molecule has 5 heteroatoms. The Hall–Kier alpha value is -1.26. The SMILES string of the molecule is CC(NC(=O)NC1CC(C(=O)O)C1)C1CCCCC1. The summed E-state index contributed by atoms with van der Waals surface area (Å²) in [6, 6.07) is 0.0854. The monoisotopic (exact) mass is 268 g/mol. The summed E-state index contributed by atoms with van der Waals surface area (Å²) in [5.41, 5.74) is 0. The lowest BCUT2D eigenvalue weighted by Gasteiger charge is -2.34. The van der Waals surface area contributed by atoms with Gasteiger partial charge in [0, 0.05) is 12.1 Å². The summed E-state index contributed by atoms with van der Waals surface area (Å²) in [4.78, 5) is 22.5. The molecule has 2 saturated carbocycles. The van der Waals surface area contributed by atoms with Gasteiger partial charge in [-0.1, -0.05) is 19.3 Å². The van der Waals surface area contributed by atoms with Crippen LogP contribution in [0.4, 0.5) is 4.79 Å². The summed E-state index contributed by atoms with van der Waals surface area (Å²) in [5.74, 6) is -0.442. The molecule has 5 nitrogen and oxygen atoms in total. The van der Waals surface area contributed by atoms with Gasteiger partial charge in [-0.2, -0.15) is 0 Å². The normalized spacial score (nSPS) is 29.1. The highest BCUT2D eigenvalue weighted by atomic mass is 16.4. The van der Waals surface area contributed by atoms with Crippen LogP contribution in [0.1, 0.15) is 51.9 Å². The zero-order chi connectivity index (χ0) is 13.8. The first kappa shape index (κ1) is 14.2. The maximum absolute atomic E-state index is 11.8. The average molecular weight is 268 g/mol. The number of carboxylic acids is 1. The molecular formula is C14H24N2O3. The van der Waals surface area contributed by atoms with Crippen molar-refractivity contribution in [2.45, 2.75) is 64.0 Å². The maximum Gasteiger partial charge on any atom is 0.315 e. The minimum Gasteiger partial charge on any atom is -0.481 e. The second kappa shape index (κ2) is 6.26. The Morgan fingerprint density at radius 2 is 1.79 bits per heavy atom. The van der Waals surface area contributed by atoms with Crippen LogP contribution in [0, 0.1) is 11.8 Å². The molecule has 0 aromatic carbocycles. The minimum atomic E-state index is -0.756. The van der Waals surface area contributed by atoms with Crippen molar-refractivity contribution >= 4 is 12.0 Å². The Bertz CT molecular complexity index is 334. The van der Waals surface area contributed by atoms with Crippen LogP contribution in [0.5, 0.6) is 0 Å². The van der Waals surface area contributed by atoms with Crippen molar-refractivity contribution in [2.24, 2.45) is 11.8 Å². The van der Waals surface area contributed by atoms with Gasteiger partial charge in [-0.3, -0.25) is 4.79 Å². The molecule has 0 heterocycles. The van der Waals surface area contributed by atoms with E-state index in [0.717, 1.165) is 0 Å². The van der Waals surface area contributed by atoms with Crippen LogP contribution >= 0.6 is 0 Å². The highest BCUT2D eigenvalue weighted by molar-refractivity contribution is 5.76. The topological polar surface area (TPSA) is 78.4 Å². The predicted molar refractivity (Wildman–Crippen MR) is 71.9 cm³/mol. The van der Waals surface area contributed by atoms with Gasteiger partial charge in [0.25, 0.3) is 0 Å². The van der Waals surface area contributed by atoms with Crippen LogP contribution in [0.3, 0.4) is 0 Å². The van der Waals surface area contributed by atoms with Crippen LogP contribution in [0.15, 0.2) is 0 Å². The van der Waals surface area contributed by atoms with E-state index in [2.05, 4.69) is 17.6 Å².